The molecule has 1 saturated carbocycles. The van der Waals surface area contributed by atoms with Crippen molar-refractivity contribution in [2.24, 2.45) is 0 Å². The fourth-order valence-electron chi connectivity index (χ4n) is 4.59. The van der Waals surface area contributed by atoms with E-state index in [0.717, 1.165) is 31.1 Å². The van der Waals surface area contributed by atoms with Gasteiger partial charge < -0.3 is 15.0 Å². The van der Waals surface area contributed by atoms with E-state index < -0.39 is 40.9 Å². The van der Waals surface area contributed by atoms with Gasteiger partial charge in [0.15, 0.2) is 5.78 Å². The Labute approximate surface area is 178 Å². The zero-order chi connectivity index (χ0) is 23.0. The summed E-state index contributed by atoms with van der Waals surface area (Å²) in [6.45, 7) is 2.32. The number of amides is 2. The minimum Gasteiger partial charge on any atom is -0.497 e. The SMILES string of the molecule is COc1cccc(C(=O)N[C@@]2(C(F)(F)F)C(=O)N(C3CCCCC3)C(C)=C2C(C)=O)c1. The Morgan fingerprint density at radius 1 is 1.19 bits per heavy atom. The maximum atomic E-state index is 14.5. The van der Waals surface area contributed by atoms with Gasteiger partial charge in [-0.3, -0.25) is 14.4 Å². The van der Waals surface area contributed by atoms with E-state index in [4.69, 9.17) is 4.74 Å². The molecule has 0 radical (unpaired) electrons. The highest BCUT2D eigenvalue weighted by molar-refractivity contribution is 6.13. The lowest BCUT2D eigenvalue weighted by Crippen LogP contribution is -2.66. The Morgan fingerprint density at radius 3 is 2.39 bits per heavy atom. The largest absolute Gasteiger partial charge is 0.497 e. The van der Waals surface area contributed by atoms with Crippen molar-refractivity contribution < 1.29 is 32.3 Å². The number of carbonyl (C=O) groups excluding carboxylic acids is 3. The van der Waals surface area contributed by atoms with Gasteiger partial charge in [-0.1, -0.05) is 25.3 Å². The van der Waals surface area contributed by atoms with Gasteiger partial charge in [-0.15, -0.1) is 0 Å². The first-order chi connectivity index (χ1) is 14.5. The molecule has 0 aromatic heterocycles. The summed E-state index contributed by atoms with van der Waals surface area (Å²) in [7, 11) is 1.36. The summed E-state index contributed by atoms with van der Waals surface area (Å²) in [6, 6.07) is 5.12. The van der Waals surface area contributed by atoms with Crippen LogP contribution in [0.2, 0.25) is 0 Å². The highest BCUT2D eigenvalue weighted by atomic mass is 19.4. The van der Waals surface area contributed by atoms with Gasteiger partial charge >= 0.3 is 6.18 Å². The molecule has 2 aliphatic rings. The van der Waals surface area contributed by atoms with Crippen LogP contribution in [0.5, 0.6) is 5.75 Å². The van der Waals surface area contributed by atoms with Gasteiger partial charge in [-0.2, -0.15) is 13.2 Å². The number of ether oxygens (including phenoxy) is 1. The van der Waals surface area contributed by atoms with Crippen molar-refractivity contribution in [3.05, 3.63) is 41.1 Å². The van der Waals surface area contributed by atoms with Crippen LogP contribution >= 0.6 is 0 Å². The number of nitrogens with one attached hydrogen (secondary N) is 1. The number of ketones is 1. The summed E-state index contributed by atoms with van der Waals surface area (Å²) in [5, 5.41) is 1.89. The number of halogens is 3. The normalized spacial score (nSPS) is 22.6. The third kappa shape index (κ3) is 3.81. The van der Waals surface area contributed by atoms with Crippen LogP contribution in [-0.2, 0) is 9.59 Å². The minimum absolute atomic E-state index is 0.0485. The van der Waals surface area contributed by atoms with Crippen molar-refractivity contribution >= 4 is 17.6 Å². The Balaban J connectivity index is 2.11. The van der Waals surface area contributed by atoms with Gasteiger partial charge in [0.2, 0.25) is 5.54 Å². The van der Waals surface area contributed by atoms with E-state index in [1.165, 1.54) is 38.3 Å². The first-order valence-electron chi connectivity index (χ1n) is 10.1. The van der Waals surface area contributed by atoms with Crippen LogP contribution < -0.4 is 10.1 Å². The number of hydrogen-bond donors (Lipinski definition) is 1. The van der Waals surface area contributed by atoms with E-state index in [9.17, 15) is 27.6 Å². The molecule has 1 aliphatic heterocycles. The molecule has 1 aromatic rings. The Kier molecular flexibility index (Phi) is 6.16. The zero-order valence-corrected chi connectivity index (χ0v) is 17.6. The number of benzene rings is 1. The summed E-state index contributed by atoms with van der Waals surface area (Å²) >= 11 is 0. The number of allylic oxidation sites excluding steroid dienone is 1. The zero-order valence-electron chi connectivity index (χ0n) is 17.6. The Morgan fingerprint density at radius 2 is 1.84 bits per heavy atom. The van der Waals surface area contributed by atoms with E-state index in [0.29, 0.717) is 12.8 Å². The van der Waals surface area contributed by atoms with Crippen LogP contribution in [0.3, 0.4) is 0 Å². The molecule has 9 heteroatoms. The van der Waals surface area contributed by atoms with Gasteiger partial charge in [-0.25, -0.2) is 0 Å². The van der Waals surface area contributed by atoms with E-state index in [2.05, 4.69) is 0 Å². The summed E-state index contributed by atoms with van der Waals surface area (Å²) < 4.78 is 48.6. The molecule has 1 atom stereocenters. The van der Waals surface area contributed by atoms with Crippen molar-refractivity contribution in [2.75, 3.05) is 7.11 Å². The molecule has 1 aromatic carbocycles. The first kappa shape index (κ1) is 22.8. The molecular formula is C22H25F3N2O4. The molecule has 0 spiro atoms. The van der Waals surface area contributed by atoms with Crippen molar-refractivity contribution in [3.8, 4) is 5.75 Å². The number of nitrogens with zero attached hydrogens (tertiary/aromatic N) is 1. The molecular weight excluding hydrogens is 413 g/mol. The molecule has 0 unspecified atom stereocenters. The topological polar surface area (TPSA) is 75.7 Å². The molecule has 1 N–H and O–H groups in total. The lowest BCUT2D eigenvalue weighted by Gasteiger charge is -2.36. The molecule has 1 heterocycles. The highest BCUT2D eigenvalue weighted by Crippen LogP contribution is 2.47. The fraction of sp³-hybridized carbons (Fsp3) is 0.500. The average molecular weight is 438 g/mol. The molecule has 0 saturated heterocycles. The number of alkyl halides is 3. The molecule has 1 fully saturated rings. The first-order valence-corrected chi connectivity index (χ1v) is 10.1. The lowest BCUT2D eigenvalue weighted by molar-refractivity contribution is -0.191. The lowest BCUT2D eigenvalue weighted by atomic mass is 9.86. The summed E-state index contributed by atoms with van der Waals surface area (Å²) in [5.41, 5.74) is -4.33. The number of carbonyl (C=O) groups is 3. The number of hydrogen-bond acceptors (Lipinski definition) is 4. The molecule has 31 heavy (non-hydrogen) atoms. The number of rotatable bonds is 5. The van der Waals surface area contributed by atoms with E-state index >= 15 is 0 Å². The van der Waals surface area contributed by atoms with Crippen LogP contribution in [0.1, 0.15) is 56.3 Å². The minimum atomic E-state index is -5.22. The summed E-state index contributed by atoms with van der Waals surface area (Å²) in [5.74, 6) is -3.09. The van der Waals surface area contributed by atoms with Gasteiger partial charge in [0, 0.05) is 17.3 Å². The number of methoxy groups -OCH3 is 1. The van der Waals surface area contributed by atoms with Gasteiger partial charge in [-0.05, 0) is 44.9 Å². The van der Waals surface area contributed by atoms with Crippen LogP contribution in [0.4, 0.5) is 13.2 Å². The second kappa shape index (κ2) is 8.36. The molecule has 1 aliphatic carbocycles. The molecule has 3 rings (SSSR count). The van der Waals surface area contributed by atoms with Crippen molar-refractivity contribution in [3.63, 3.8) is 0 Å². The second-order valence-corrected chi connectivity index (χ2v) is 7.92. The maximum Gasteiger partial charge on any atom is 0.425 e. The fourth-order valence-corrected chi connectivity index (χ4v) is 4.59. The van der Waals surface area contributed by atoms with E-state index in [1.54, 1.807) is 0 Å². The number of Topliss-reactive ketones (excluding diaryl/α,β-unsaturated/α-hetero) is 1. The second-order valence-electron chi connectivity index (χ2n) is 7.92. The van der Waals surface area contributed by atoms with E-state index in [1.807, 2.05) is 5.32 Å². The van der Waals surface area contributed by atoms with Gasteiger partial charge in [0.1, 0.15) is 5.75 Å². The molecule has 2 amide bonds. The van der Waals surface area contributed by atoms with Crippen molar-refractivity contribution in [1.82, 2.24) is 10.2 Å². The monoisotopic (exact) mass is 438 g/mol. The standard InChI is InChI=1S/C22H25F3N2O4/c1-13-18(14(2)28)21(22(23,24)25,20(30)27(13)16-9-5-4-6-10-16)26-19(29)15-8-7-11-17(12-15)31-3/h7-8,11-12,16H,4-6,9-10H2,1-3H3,(H,26,29)/t21-/m1/s1. The smallest absolute Gasteiger partial charge is 0.425 e. The molecule has 0 bridgehead atoms. The predicted molar refractivity (Wildman–Crippen MR) is 106 cm³/mol. The third-order valence-electron chi connectivity index (χ3n) is 5.99. The maximum absolute atomic E-state index is 14.5. The predicted octanol–water partition coefficient (Wildman–Crippen LogP) is 3.76. The van der Waals surface area contributed by atoms with Crippen LogP contribution in [0.25, 0.3) is 0 Å². The van der Waals surface area contributed by atoms with Crippen molar-refractivity contribution in [1.29, 1.82) is 0 Å². The van der Waals surface area contributed by atoms with Crippen LogP contribution in [0.15, 0.2) is 35.5 Å². The summed E-state index contributed by atoms with van der Waals surface area (Å²) in [4.78, 5) is 39.7. The Bertz CT molecular complexity index is 935. The van der Waals surface area contributed by atoms with Gasteiger partial charge in [0.05, 0.1) is 12.7 Å². The molecule has 6 nitrogen and oxygen atoms in total. The van der Waals surface area contributed by atoms with Gasteiger partial charge in [0.25, 0.3) is 11.8 Å². The van der Waals surface area contributed by atoms with Crippen LogP contribution in [-0.4, -0.2) is 47.4 Å². The molecule has 168 valence electrons. The van der Waals surface area contributed by atoms with Crippen molar-refractivity contribution in [2.45, 2.75) is 63.7 Å². The quantitative estimate of drug-likeness (QED) is 0.760. The summed E-state index contributed by atoms with van der Waals surface area (Å²) in [6.07, 6.45) is -1.61. The van der Waals surface area contributed by atoms with E-state index in [-0.39, 0.29) is 17.0 Å². The Hall–Kier alpha value is -2.84. The highest BCUT2D eigenvalue weighted by Gasteiger charge is 2.70. The average Bonchev–Trinajstić information content (AvgIpc) is 2.95. The third-order valence-corrected chi connectivity index (χ3v) is 5.99. The van der Waals surface area contributed by atoms with Crippen LogP contribution in [0, 0.1) is 0 Å².